The number of hydrogen-bond donors (Lipinski definition) is 3. The highest BCUT2D eigenvalue weighted by Crippen LogP contribution is 2.43. The number of fused-ring (bicyclic) bond motifs is 2. The number of rotatable bonds is 15. The molecule has 0 atom stereocenters. The van der Waals surface area contributed by atoms with Gasteiger partial charge in [0, 0.05) is 93.2 Å². The lowest BCUT2D eigenvalue weighted by atomic mass is 9.71. The van der Waals surface area contributed by atoms with Gasteiger partial charge < -0.3 is 39.9 Å². The zero-order chi connectivity index (χ0) is 58.9. The molecular formula is C62H72ClF3N12O6. The molecule has 2 aromatic heterocycles. The van der Waals surface area contributed by atoms with Gasteiger partial charge in [-0.1, -0.05) is 68.4 Å². The lowest BCUT2D eigenvalue weighted by Gasteiger charge is -2.47. The molecule has 0 bridgehead atoms. The molecule has 7 heterocycles. The number of benzene rings is 4. The van der Waals surface area contributed by atoms with Crippen LogP contribution in [-0.4, -0.2) is 170 Å². The minimum atomic E-state index is -4.66. The molecule has 0 unspecified atom stereocenters. The van der Waals surface area contributed by atoms with Crippen molar-refractivity contribution in [2.75, 3.05) is 101 Å². The van der Waals surface area contributed by atoms with Gasteiger partial charge in [-0.3, -0.25) is 28.8 Å². The molecule has 0 radical (unpaired) electrons. The van der Waals surface area contributed by atoms with E-state index in [9.17, 15) is 37.8 Å². The number of phenolic OH excluding ortho intramolecular Hbond substituents is 2. The van der Waals surface area contributed by atoms with Gasteiger partial charge in [-0.2, -0.15) is 23.1 Å². The van der Waals surface area contributed by atoms with Crippen molar-refractivity contribution in [2.24, 2.45) is 11.3 Å². The Bertz CT molecular complexity index is 3390. The van der Waals surface area contributed by atoms with Crippen LogP contribution in [0.1, 0.15) is 91.3 Å². The number of carbonyl (C=O) groups is 3. The molecule has 444 valence electrons. The molecule has 0 aliphatic carbocycles. The summed E-state index contributed by atoms with van der Waals surface area (Å²) in [6, 6.07) is 22.5. The Kier molecular flexibility index (Phi) is 17.1. The molecule has 1 spiro atoms. The average Bonchev–Trinajstić information content (AvgIpc) is 3.24. The number of aromatic hydroxyl groups is 2. The Hall–Kier alpha value is -7.49. The molecule has 84 heavy (non-hydrogen) atoms. The standard InChI is InChI=1S/C62H72ClF3N12O6/c1-4-53(81)74-29-31-75(32-30-74)55-45-17-24-77(50-10-6-8-42-7-5-9-48(63)54(42)50)38-49(45)68-60(69-55)84-34-33-72-25-18-61(19-26-72)20-27-76(28-21-61)59(83)43-15-22-73(23-16-43)37-41-11-13-44(14-12-41)78-56(47-35-46(40(2)3)51(79)36-52(47)80)70-71-57(78)58(82)67-39-62(64,65)66/h4-14,35-36,40,43,79-80H,1,15-34,37-39H2,2-3H3,(H,67,82). The van der Waals surface area contributed by atoms with E-state index in [1.54, 1.807) is 12.1 Å². The predicted molar refractivity (Wildman–Crippen MR) is 315 cm³/mol. The number of aromatic nitrogens is 5. The summed E-state index contributed by atoms with van der Waals surface area (Å²) < 4.78 is 47.2. The first-order valence-electron chi connectivity index (χ1n) is 29.2. The fourth-order valence-corrected chi connectivity index (χ4v) is 13.2. The molecule has 4 aromatic carbocycles. The number of likely N-dealkylation sites (tertiary alicyclic amines) is 3. The second kappa shape index (κ2) is 24.6. The van der Waals surface area contributed by atoms with E-state index < -0.39 is 24.5 Å². The summed E-state index contributed by atoms with van der Waals surface area (Å²) in [5.74, 6) is -1.10. The van der Waals surface area contributed by atoms with Gasteiger partial charge in [0.2, 0.25) is 17.6 Å². The maximum absolute atomic E-state index is 14.0. The lowest BCUT2D eigenvalue weighted by molar-refractivity contribution is -0.140. The highest BCUT2D eigenvalue weighted by molar-refractivity contribution is 6.36. The lowest BCUT2D eigenvalue weighted by Crippen LogP contribution is -2.50. The van der Waals surface area contributed by atoms with Crippen LogP contribution >= 0.6 is 11.6 Å². The number of hydrogen-bond acceptors (Lipinski definition) is 14. The molecule has 5 aliphatic heterocycles. The van der Waals surface area contributed by atoms with Crippen molar-refractivity contribution in [3.05, 3.63) is 119 Å². The number of piperazine rings is 1. The zero-order valence-corrected chi connectivity index (χ0v) is 48.3. The molecule has 6 aromatic rings. The fraction of sp³-hybridized carbons (Fsp3) is 0.468. The van der Waals surface area contributed by atoms with Gasteiger partial charge in [0.05, 0.1) is 22.8 Å². The van der Waals surface area contributed by atoms with Crippen molar-refractivity contribution in [2.45, 2.75) is 84.0 Å². The van der Waals surface area contributed by atoms with Crippen LogP contribution in [0.4, 0.5) is 24.7 Å². The third kappa shape index (κ3) is 12.6. The third-order valence-corrected chi connectivity index (χ3v) is 18.1. The smallest absolute Gasteiger partial charge is 0.405 e. The SMILES string of the molecule is C=CC(=O)N1CCN(c2nc(OCCN3CCC4(CC3)CCN(C(=O)C3CCN(Cc5ccc(-n6c(C(=O)NCC(F)(F)F)nnc6-c6cc(C(C)C)c(O)cc6O)cc5)CC3)CC4)nc3c2CCN(c2cccc4cccc(Cl)c24)C3)CC1. The molecule has 4 fully saturated rings. The maximum Gasteiger partial charge on any atom is 0.405 e. The quantitative estimate of drug-likeness (QED) is 0.0828. The van der Waals surface area contributed by atoms with Crippen LogP contribution in [0.3, 0.4) is 0 Å². The van der Waals surface area contributed by atoms with E-state index in [1.807, 2.05) is 48.3 Å². The first kappa shape index (κ1) is 58.3. The van der Waals surface area contributed by atoms with Crippen molar-refractivity contribution >= 4 is 51.6 Å². The third-order valence-electron chi connectivity index (χ3n) is 17.8. The first-order valence-corrected chi connectivity index (χ1v) is 29.6. The van der Waals surface area contributed by atoms with E-state index in [0.717, 1.165) is 136 Å². The van der Waals surface area contributed by atoms with Gasteiger partial charge in [-0.15, -0.1) is 10.2 Å². The summed E-state index contributed by atoms with van der Waals surface area (Å²) in [4.78, 5) is 63.0. The van der Waals surface area contributed by atoms with Gasteiger partial charge in [0.15, 0.2) is 5.82 Å². The van der Waals surface area contributed by atoms with Crippen molar-refractivity contribution in [3.63, 3.8) is 0 Å². The van der Waals surface area contributed by atoms with Gasteiger partial charge in [0.25, 0.3) is 5.91 Å². The van der Waals surface area contributed by atoms with Crippen LogP contribution in [0.15, 0.2) is 85.5 Å². The van der Waals surface area contributed by atoms with Gasteiger partial charge >= 0.3 is 12.2 Å². The van der Waals surface area contributed by atoms with E-state index in [4.69, 9.17) is 26.3 Å². The summed E-state index contributed by atoms with van der Waals surface area (Å²) in [6.07, 6.45) is 3.10. The van der Waals surface area contributed by atoms with Gasteiger partial charge in [0.1, 0.15) is 30.5 Å². The van der Waals surface area contributed by atoms with Gasteiger partial charge in [-0.05, 0) is 135 Å². The minimum absolute atomic E-state index is 0.0105. The normalized spacial score (nSPS) is 18.1. The molecule has 22 heteroatoms. The van der Waals surface area contributed by atoms with Crippen LogP contribution in [0.5, 0.6) is 17.5 Å². The molecule has 3 N–H and O–H groups in total. The summed E-state index contributed by atoms with van der Waals surface area (Å²) in [5, 5.41) is 34.2. The number of nitrogens with zero attached hydrogens (tertiary/aromatic N) is 11. The van der Waals surface area contributed by atoms with Crippen molar-refractivity contribution in [1.82, 2.24) is 49.6 Å². The molecular weight excluding hydrogens is 1100 g/mol. The second-order valence-corrected chi connectivity index (χ2v) is 23.8. The molecule has 5 aliphatic rings. The maximum atomic E-state index is 14.0. The van der Waals surface area contributed by atoms with Gasteiger partial charge in [-0.25, -0.2) is 0 Å². The number of halogens is 4. The number of phenols is 2. The van der Waals surface area contributed by atoms with Crippen molar-refractivity contribution < 1.29 is 42.5 Å². The minimum Gasteiger partial charge on any atom is -0.508 e. The topological polar surface area (TPSA) is 189 Å². The average molecular weight is 1170 g/mol. The Morgan fingerprint density at radius 1 is 0.821 bits per heavy atom. The number of alkyl halides is 3. The number of anilines is 2. The second-order valence-electron chi connectivity index (χ2n) is 23.4. The van der Waals surface area contributed by atoms with E-state index >= 15 is 0 Å². The van der Waals surface area contributed by atoms with Crippen molar-refractivity contribution in [3.8, 4) is 34.6 Å². The summed E-state index contributed by atoms with van der Waals surface area (Å²) in [7, 11) is 0. The number of amides is 3. The summed E-state index contributed by atoms with van der Waals surface area (Å²) >= 11 is 6.80. The largest absolute Gasteiger partial charge is 0.508 e. The fourth-order valence-electron chi connectivity index (χ4n) is 12.9. The zero-order valence-electron chi connectivity index (χ0n) is 47.6. The van der Waals surface area contributed by atoms with E-state index in [2.05, 4.69) is 65.5 Å². The Morgan fingerprint density at radius 3 is 2.21 bits per heavy atom. The van der Waals surface area contributed by atoms with Crippen LogP contribution in [0.25, 0.3) is 27.8 Å². The highest BCUT2D eigenvalue weighted by atomic mass is 35.5. The van der Waals surface area contributed by atoms with E-state index in [1.165, 1.54) is 22.8 Å². The molecule has 4 saturated heterocycles. The van der Waals surface area contributed by atoms with Crippen LogP contribution in [-0.2, 0) is 29.1 Å². The number of ether oxygens (including phenoxy) is 1. The monoisotopic (exact) mass is 1170 g/mol. The van der Waals surface area contributed by atoms with Crippen LogP contribution in [0.2, 0.25) is 5.02 Å². The molecule has 0 saturated carbocycles. The Morgan fingerprint density at radius 2 is 1.52 bits per heavy atom. The first-order chi connectivity index (χ1) is 40.4. The number of piperidine rings is 3. The number of nitrogens with one attached hydrogen (secondary N) is 1. The Labute approximate surface area is 491 Å². The number of carbonyl (C=O) groups excluding carboxylic acids is 3. The summed E-state index contributed by atoms with van der Waals surface area (Å²) in [6.45, 7) is 16.4. The molecule has 18 nitrogen and oxygen atoms in total. The van der Waals surface area contributed by atoms with E-state index in [-0.39, 0.29) is 52.0 Å². The molecule has 3 amide bonds. The van der Waals surface area contributed by atoms with Crippen molar-refractivity contribution in [1.29, 1.82) is 0 Å². The highest BCUT2D eigenvalue weighted by Gasteiger charge is 2.40. The Balaban J connectivity index is 0.661. The predicted octanol–water partition coefficient (Wildman–Crippen LogP) is 8.75. The van der Waals surface area contributed by atoms with E-state index in [0.29, 0.717) is 68.2 Å². The van der Waals surface area contributed by atoms with Crippen LogP contribution < -0.4 is 19.9 Å². The van der Waals surface area contributed by atoms with Crippen LogP contribution in [0, 0.1) is 11.3 Å². The molecule has 11 rings (SSSR count). The summed E-state index contributed by atoms with van der Waals surface area (Å²) in [5.41, 5.74) is 5.32.